The number of aromatic nitrogens is 4. The van der Waals surface area contributed by atoms with Gasteiger partial charge in [-0.3, -0.25) is 0 Å². The van der Waals surface area contributed by atoms with Gasteiger partial charge in [0, 0.05) is 17.4 Å². The number of fused-ring (bicyclic) bond motifs is 1. The van der Waals surface area contributed by atoms with Crippen LogP contribution in [0.1, 0.15) is 0 Å². The smallest absolute Gasteiger partial charge is 0.347 e. The summed E-state index contributed by atoms with van der Waals surface area (Å²) in [5.41, 5.74) is -0.0224. The van der Waals surface area contributed by atoms with E-state index in [9.17, 15) is 4.79 Å². The van der Waals surface area contributed by atoms with Gasteiger partial charge in [-0.25, -0.2) is 19.3 Å². The predicted molar refractivity (Wildman–Crippen MR) is 65.1 cm³/mol. The maximum Gasteiger partial charge on any atom is 0.347 e. The molecular weight excluding hydrogens is 256 g/mol. The molecule has 0 unspecified atom stereocenters. The summed E-state index contributed by atoms with van der Waals surface area (Å²) in [6, 6.07) is 6.88. The highest BCUT2D eigenvalue weighted by molar-refractivity contribution is 6.30. The Morgan fingerprint density at radius 3 is 3.11 bits per heavy atom. The van der Waals surface area contributed by atoms with E-state index in [0.717, 1.165) is 0 Å². The number of nitrogens with one attached hydrogen (secondary N) is 1. The molecule has 0 saturated carbocycles. The Labute approximate surface area is 106 Å². The third-order valence-corrected chi connectivity index (χ3v) is 2.55. The molecule has 0 spiro atoms. The topological polar surface area (TPSA) is 72.3 Å². The minimum Gasteiger partial charge on any atom is -0.436 e. The fourth-order valence-corrected chi connectivity index (χ4v) is 1.71. The minimum atomic E-state index is -0.344. The van der Waals surface area contributed by atoms with E-state index in [-0.39, 0.29) is 11.6 Å². The first-order chi connectivity index (χ1) is 8.74. The van der Waals surface area contributed by atoms with Crippen molar-refractivity contribution in [1.82, 2.24) is 19.6 Å². The predicted octanol–water partition coefficient (Wildman–Crippen LogP) is 1.86. The van der Waals surface area contributed by atoms with E-state index >= 15 is 0 Å². The van der Waals surface area contributed by atoms with Crippen molar-refractivity contribution in [2.24, 2.45) is 0 Å². The molecule has 3 aromatic rings. The first-order valence-electron chi connectivity index (χ1n) is 5.09. The third-order valence-electron chi connectivity index (χ3n) is 2.31. The molecular formula is C11H7ClN4O2. The number of aromatic amines is 1. The zero-order valence-corrected chi connectivity index (χ0v) is 9.76. The normalized spacial score (nSPS) is 10.7. The molecule has 0 saturated heterocycles. The molecule has 2 aromatic heterocycles. The zero-order chi connectivity index (χ0) is 12.5. The lowest BCUT2D eigenvalue weighted by Gasteiger charge is -2.04. The zero-order valence-electron chi connectivity index (χ0n) is 9.00. The van der Waals surface area contributed by atoms with Crippen molar-refractivity contribution < 1.29 is 4.74 Å². The number of hydrogen-bond donors (Lipinski definition) is 1. The highest BCUT2D eigenvalue weighted by Crippen LogP contribution is 2.24. The van der Waals surface area contributed by atoms with E-state index in [2.05, 4.69) is 15.2 Å². The second-order valence-electron chi connectivity index (χ2n) is 3.51. The summed E-state index contributed by atoms with van der Waals surface area (Å²) < 4.78 is 6.86. The van der Waals surface area contributed by atoms with E-state index in [4.69, 9.17) is 16.3 Å². The van der Waals surface area contributed by atoms with Crippen molar-refractivity contribution in [2.75, 3.05) is 0 Å². The van der Waals surface area contributed by atoms with Crippen LogP contribution in [0.25, 0.3) is 5.65 Å². The maximum atomic E-state index is 11.4. The Balaban J connectivity index is 2.07. The summed E-state index contributed by atoms with van der Waals surface area (Å²) in [6.07, 6.45) is 2.97. The van der Waals surface area contributed by atoms with Crippen LogP contribution in [0.4, 0.5) is 0 Å². The lowest BCUT2D eigenvalue weighted by atomic mass is 10.3. The average molecular weight is 263 g/mol. The Kier molecular flexibility index (Phi) is 2.49. The number of halogens is 1. The molecule has 0 radical (unpaired) electrons. The lowest BCUT2D eigenvalue weighted by molar-refractivity contribution is 0.465. The van der Waals surface area contributed by atoms with Crippen LogP contribution in [-0.2, 0) is 0 Å². The van der Waals surface area contributed by atoms with E-state index in [1.807, 2.05) is 0 Å². The molecule has 3 rings (SSSR count). The van der Waals surface area contributed by atoms with Gasteiger partial charge in [-0.05, 0) is 18.2 Å². The molecule has 0 atom stereocenters. The molecule has 0 aliphatic heterocycles. The van der Waals surface area contributed by atoms with Crippen LogP contribution in [0.3, 0.4) is 0 Å². The van der Waals surface area contributed by atoms with Gasteiger partial charge in [0.2, 0.25) is 5.65 Å². The third kappa shape index (κ3) is 1.82. The monoisotopic (exact) mass is 262 g/mol. The van der Waals surface area contributed by atoms with E-state index in [1.54, 1.807) is 24.3 Å². The van der Waals surface area contributed by atoms with Crippen LogP contribution in [0.15, 0.2) is 41.5 Å². The Morgan fingerprint density at radius 2 is 2.28 bits per heavy atom. The van der Waals surface area contributed by atoms with Crippen molar-refractivity contribution in [3.8, 4) is 11.6 Å². The second-order valence-corrected chi connectivity index (χ2v) is 3.95. The van der Waals surface area contributed by atoms with Crippen LogP contribution in [-0.4, -0.2) is 19.6 Å². The standard InChI is InChI=1S/C11H7ClN4O2/c12-7-2-1-3-8(6-7)18-10-9-14-15-11(17)16(9)5-4-13-10/h1-6H,(H,15,17). The van der Waals surface area contributed by atoms with Gasteiger partial charge in [0.1, 0.15) is 5.75 Å². The van der Waals surface area contributed by atoms with Gasteiger partial charge >= 0.3 is 5.69 Å². The Morgan fingerprint density at radius 1 is 1.39 bits per heavy atom. The molecule has 1 N–H and O–H groups in total. The van der Waals surface area contributed by atoms with Gasteiger partial charge in [0.05, 0.1) is 0 Å². The SMILES string of the molecule is O=c1[nH]nc2c(Oc3cccc(Cl)c3)nccn12. The van der Waals surface area contributed by atoms with Crippen LogP contribution in [0.2, 0.25) is 5.02 Å². The second kappa shape index (κ2) is 4.15. The maximum absolute atomic E-state index is 11.4. The largest absolute Gasteiger partial charge is 0.436 e. The van der Waals surface area contributed by atoms with Crippen LogP contribution in [0, 0.1) is 0 Å². The minimum absolute atomic E-state index is 0.234. The Bertz CT molecular complexity index is 765. The molecule has 18 heavy (non-hydrogen) atoms. The summed E-state index contributed by atoms with van der Waals surface area (Å²) in [6.45, 7) is 0. The molecule has 0 aliphatic rings. The number of ether oxygens (including phenoxy) is 1. The fraction of sp³-hybridized carbons (Fsp3) is 0. The van der Waals surface area contributed by atoms with Crippen molar-refractivity contribution >= 4 is 17.2 Å². The van der Waals surface area contributed by atoms with Gasteiger partial charge < -0.3 is 4.74 Å². The van der Waals surface area contributed by atoms with E-state index in [1.165, 1.54) is 16.8 Å². The van der Waals surface area contributed by atoms with Gasteiger partial charge in [-0.15, -0.1) is 5.10 Å². The molecule has 7 heteroatoms. The van der Waals surface area contributed by atoms with Gasteiger partial charge in [0.15, 0.2) is 0 Å². The molecule has 90 valence electrons. The number of H-pyrrole nitrogens is 1. The Hall–Kier alpha value is -2.34. The quantitative estimate of drug-likeness (QED) is 0.765. The van der Waals surface area contributed by atoms with Crippen molar-refractivity contribution in [3.05, 3.63) is 52.2 Å². The van der Waals surface area contributed by atoms with E-state index < -0.39 is 0 Å². The summed E-state index contributed by atoms with van der Waals surface area (Å²) in [5, 5.41) is 6.72. The number of nitrogens with zero attached hydrogens (tertiary/aromatic N) is 3. The molecule has 0 aliphatic carbocycles. The summed E-state index contributed by atoms with van der Waals surface area (Å²) in [7, 11) is 0. The van der Waals surface area contributed by atoms with Gasteiger partial charge in [-0.1, -0.05) is 17.7 Å². The first kappa shape index (κ1) is 10.8. The van der Waals surface area contributed by atoms with Crippen molar-refractivity contribution in [2.45, 2.75) is 0 Å². The molecule has 0 fully saturated rings. The molecule has 0 bridgehead atoms. The fourth-order valence-electron chi connectivity index (χ4n) is 1.53. The van der Waals surface area contributed by atoms with Gasteiger partial charge in [0.25, 0.3) is 5.88 Å². The number of benzene rings is 1. The first-order valence-corrected chi connectivity index (χ1v) is 5.47. The van der Waals surface area contributed by atoms with Crippen molar-refractivity contribution in [3.63, 3.8) is 0 Å². The highest BCUT2D eigenvalue weighted by atomic mass is 35.5. The molecule has 1 aromatic carbocycles. The summed E-state index contributed by atoms with van der Waals surface area (Å²) in [4.78, 5) is 15.4. The average Bonchev–Trinajstić information content (AvgIpc) is 2.73. The lowest BCUT2D eigenvalue weighted by Crippen LogP contribution is -2.09. The van der Waals surface area contributed by atoms with Crippen LogP contribution in [0.5, 0.6) is 11.6 Å². The van der Waals surface area contributed by atoms with E-state index in [0.29, 0.717) is 16.4 Å². The number of hydrogen-bond acceptors (Lipinski definition) is 4. The molecule has 6 nitrogen and oxygen atoms in total. The van der Waals surface area contributed by atoms with Gasteiger partial charge in [-0.2, -0.15) is 0 Å². The summed E-state index contributed by atoms with van der Waals surface area (Å²) >= 11 is 5.86. The highest BCUT2D eigenvalue weighted by Gasteiger charge is 2.09. The van der Waals surface area contributed by atoms with Crippen LogP contribution >= 0.6 is 11.6 Å². The molecule has 0 amide bonds. The number of rotatable bonds is 2. The van der Waals surface area contributed by atoms with Crippen molar-refractivity contribution in [1.29, 1.82) is 0 Å². The van der Waals surface area contributed by atoms with Crippen LogP contribution < -0.4 is 10.4 Å². The summed E-state index contributed by atoms with van der Waals surface area (Å²) in [5.74, 6) is 0.761. The molecule has 2 heterocycles.